The fourth-order valence-corrected chi connectivity index (χ4v) is 2.14. The van der Waals surface area contributed by atoms with Crippen LogP contribution in [0.2, 0.25) is 0 Å². The molecule has 0 radical (unpaired) electrons. The average molecular weight is 283 g/mol. The number of rotatable bonds is 7. The van der Waals surface area contributed by atoms with Crippen LogP contribution in [0.25, 0.3) is 0 Å². The number of carboxylic acid groups (broad SMARTS) is 1. The Morgan fingerprint density at radius 1 is 1.35 bits per heavy atom. The molecule has 0 bridgehead atoms. The number of hydrogen-bond acceptors (Lipinski definition) is 4. The molecule has 1 aromatic rings. The number of likely N-dealkylation sites (N-methyl/N-ethyl adjacent to an activating group) is 1. The van der Waals surface area contributed by atoms with E-state index >= 15 is 0 Å². The van der Waals surface area contributed by atoms with Gasteiger partial charge in [-0.2, -0.15) is 0 Å². The Kier molecular flexibility index (Phi) is 5.69. The van der Waals surface area contributed by atoms with E-state index in [2.05, 4.69) is 4.98 Å². The van der Waals surface area contributed by atoms with E-state index in [1.165, 1.54) is 10.8 Å². The van der Waals surface area contributed by atoms with Gasteiger partial charge < -0.3 is 5.11 Å². The summed E-state index contributed by atoms with van der Waals surface area (Å²) in [5.41, 5.74) is -0.526. The molecule has 1 unspecified atom stereocenters. The molecule has 1 rings (SSSR count). The minimum Gasteiger partial charge on any atom is -0.480 e. The van der Waals surface area contributed by atoms with Gasteiger partial charge in [0.1, 0.15) is 6.04 Å². The van der Waals surface area contributed by atoms with Gasteiger partial charge in [0.2, 0.25) is 0 Å². The van der Waals surface area contributed by atoms with Crippen molar-refractivity contribution in [1.29, 1.82) is 0 Å². The molecule has 0 spiro atoms. The van der Waals surface area contributed by atoms with Crippen LogP contribution in [0.15, 0.2) is 15.8 Å². The predicted octanol–water partition coefficient (Wildman–Crippen LogP) is -0.106. The Morgan fingerprint density at radius 2 is 1.95 bits per heavy atom. The number of aromatic amines is 1. The van der Waals surface area contributed by atoms with Crippen LogP contribution in [-0.2, 0) is 17.8 Å². The standard InChI is InChI=1S/C13H21N3O4/c1-4-9-7-16(13(20)14-11(9)17)8-10(12(18)19)15(5-2)6-3/h7,10H,4-6,8H2,1-3H3,(H,18,19)(H,14,17,20). The minimum atomic E-state index is -0.982. The Labute approximate surface area is 116 Å². The molecule has 1 atom stereocenters. The largest absolute Gasteiger partial charge is 0.480 e. The second-order valence-electron chi connectivity index (χ2n) is 4.49. The number of nitrogens with one attached hydrogen (secondary N) is 1. The van der Waals surface area contributed by atoms with Gasteiger partial charge >= 0.3 is 11.7 Å². The number of aliphatic carboxylic acids is 1. The molecule has 0 fully saturated rings. The molecule has 0 aliphatic carbocycles. The number of hydrogen-bond donors (Lipinski definition) is 2. The third kappa shape index (κ3) is 3.57. The third-order valence-corrected chi connectivity index (χ3v) is 3.37. The van der Waals surface area contributed by atoms with Gasteiger partial charge in [0, 0.05) is 11.8 Å². The van der Waals surface area contributed by atoms with Crippen molar-refractivity contribution in [3.05, 3.63) is 32.6 Å². The van der Waals surface area contributed by atoms with E-state index in [0.29, 0.717) is 25.1 Å². The first kappa shape index (κ1) is 16.2. The lowest BCUT2D eigenvalue weighted by Gasteiger charge is -2.26. The summed E-state index contributed by atoms with van der Waals surface area (Å²) in [5, 5.41) is 9.31. The van der Waals surface area contributed by atoms with Crippen LogP contribution in [0.5, 0.6) is 0 Å². The number of aryl methyl sites for hydroxylation is 1. The summed E-state index contributed by atoms with van der Waals surface area (Å²) < 4.78 is 1.26. The topological polar surface area (TPSA) is 95.4 Å². The number of nitrogens with zero attached hydrogens (tertiary/aromatic N) is 2. The molecular weight excluding hydrogens is 262 g/mol. The first-order valence-corrected chi connectivity index (χ1v) is 6.74. The lowest BCUT2D eigenvalue weighted by atomic mass is 10.2. The van der Waals surface area contributed by atoms with Crippen molar-refractivity contribution < 1.29 is 9.90 Å². The van der Waals surface area contributed by atoms with Crippen LogP contribution >= 0.6 is 0 Å². The summed E-state index contributed by atoms with van der Waals surface area (Å²) in [6, 6.07) is -0.793. The monoisotopic (exact) mass is 283 g/mol. The molecule has 112 valence electrons. The summed E-state index contributed by atoms with van der Waals surface area (Å²) in [6.45, 7) is 6.70. The van der Waals surface area contributed by atoms with Gasteiger partial charge in [0.05, 0.1) is 6.54 Å². The van der Waals surface area contributed by atoms with Gasteiger partial charge in [-0.05, 0) is 19.5 Å². The highest BCUT2D eigenvalue weighted by Crippen LogP contribution is 2.03. The molecule has 0 saturated carbocycles. The molecule has 1 aromatic heterocycles. The van der Waals surface area contributed by atoms with Gasteiger partial charge in [0.15, 0.2) is 0 Å². The summed E-state index contributed by atoms with van der Waals surface area (Å²) in [6.07, 6.45) is 1.93. The first-order valence-electron chi connectivity index (χ1n) is 6.74. The van der Waals surface area contributed by atoms with Crippen LogP contribution in [0.3, 0.4) is 0 Å². The molecule has 20 heavy (non-hydrogen) atoms. The summed E-state index contributed by atoms with van der Waals surface area (Å²) in [4.78, 5) is 38.6. The fraction of sp³-hybridized carbons (Fsp3) is 0.615. The average Bonchev–Trinajstić information content (AvgIpc) is 2.41. The molecule has 1 heterocycles. The normalized spacial score (nSPS) is 12.6. The number of carboxylic acids is 1. The molecule has 0 aliphatic rings. The maximum absolute atomic E-state index is 11.8. The van der Waals surface area contributed by atoms with E-state index in [-0.39, 0.29) is 6.54 Å². The quantitative estimate of drug-likeness (QED) is 0.728. The Bertz CT molecular complexity index is 572. The highest BCUT2D eigenvalue weighted by atomic mass is 16.4. The number of aromatic nitrogens is 2. The van der Waals surface area contributed by atoms with Crippen LogP contribution in [0.1, 0.15) is 26.3 Å². The van der Waals surface area contributed by atoms with Gasteiger partial charge in [0.25, 0.3) is 5.56 Å². The van der Waals surface area contributed by atoms with Crippen molar-refractivity contribution in [3.63, 3.8) is 0 Å². The summed E-state index contributed by atoms with van der Waals surface area (Å²) in [7, 11) is 0. The highest BCUT2D eigenvalue weighted by Gasteiger charge is 2.24. The molecule has 0 aliphatic heterocycles. The minimum absolute atomic E-state index is 0.0135. The van der Waals surface area contributed by atoms with Crippen molar-refractivity contribution in [2.45, 2.75) is 39.8 Å². The molecule has 2 N–H and O–H groups in total. The van der Waals surface area contributed by atoms with Crippen molar-refractivity contribution in [1.82, 2.24) is 14.5 Å². The van der Waals surface area contributed by atoms with Crippen molar-refractivity contribution >= 4 is 5.97 Å². The zero-order chi connectivity index (χ0) is 15.3. The Hall–Kier alpha value is -1.89. The van der Waals surface area contributed by atoms with Crippen LogP contribution < -0.4 is 11.2 Å². The second-order valence-corrected chi connectivity index (χ2v) is 4.49. The summed E-state index contributed by atoms with van der Waals surface area (Å²) >= 11 is 0. The molecule has 7 nitrogen and oxygen atoms in total. The maximum atomic E-state index is 11.8. The Morgan fingerprint density at radius 3 is 2.40 bits per heavy atom. The Balaban J connectivity index is 3.14. The molecule has 0 saturated heterocycles. The van der Waals surface area contributed by atoms with Crippen LogP contribution in [0.4, 0.5) is 0 Å². The predicted molar refractivity (Wildman–Crippen MR) is 75.0 cm³/mol. The van der Waals surface area contributed by atoms with Crippen molar-refractivity contribution in [2.75, 3.05) is 13.1 Å². The molecular formula is C13H21N3O4. The zero-order valence-electron chi connectivity index (χ0n) is 12.0. The molecule has 7 heteroatoms. The highest BCUT2D eigenvalue weighted by molar-refractivity contribution is 5.73. The first-order chi connectivity index (χ1) is 9.44. The van der Waals surface area contributed by atoms with Crippen LogP contribution in [0, 0.1) is 0 Å². The van der Waals surface area contributed by atoms with Gasteiger partial charge in [-0.3, -0.25) is 24.0 Å². The number of carbonyl (C=O) groups is 1. The van der Waals surface area contributed by atoms with Crippen LogP contribution in [-0.4, -0.2) is 44.7 Å². The zero-order valence-corrected chi connectivity index (χ0v) is 12.0. The van der Waals surface area contributed by atoms with Crippen molar-refractivity contribution in [3.8, 4) is 0 Å². The maximum Gasteiger partial charge on any atom is 0.328 e. The smallest absolute Gasteiger partial charge is 0.328 e. The SMILES string of the molecule is CCc1cn(CC(C(=O)O)N(CC)CC)c(=O)[nH]c1=O. The fourth-order valence-electron chi connectivity index (χ4n) is 2.14. The van der Waals surface area contributed by atoms with E-state index in [4.69, 9.17) is 0 Å². The van der Waals surface area contributed by atoms with E-state index in [0.717, 1.165) is 0 Å². The van der Waals surface area contributed by atoms with E-state index in [1.54, 1.807) is 11.8 Å². The van der Waals surface area contributed by atoms with Gasteiger partial charge in [-0.1, -0.05) is 20.8 Å². The van der Waals surface area contributed by atoms with E-state index in [1.807, 2.05) is 13.8 Å². The number of H-pyrrole nitrogens is 1. The third-order valence-electron chi connectivity index (χ3n) is 3.37. The molecule has 0 aromatic carbocycles. The lowest BCUT2D eigenvalue weighted by molar-refractivity contribution is -0.143. The summed E-state index contributed by atoms with van der Waals surface area (Å²) in [5.74, 6) is -0.982. The lowest BCUT2D eigenvalue weighted by Crippen LogP contribution is -2.46. The second kappa shape index (κ2) is 7.04. The van der Waals surface area contributed by atoms with E-state index in [9.17, 15) is 19.5 Å². The van der Waals surface area contributed by atoms with Gasteiger partial charge in [-0.25, -0.2) is 4.79 Å². The van der Waals surface area contributed by atoms with E-state index < -0.39 is 23.3 Å². The van der Waals surface area contributed by atoms with Gasteiger partial charge in [-0.15, -0.1) is 0 Å². The molecule has 0 amide bonds. The van der Waals surface area contributed by atoms with Crippen molar-refractivity contribution in [2.24, 2.45) is 0 Å².